The predicted octanol–water partition coefficient (Wildman–Crippen LogP) is -0.102. The van der Waals surface area contributed by atoms with Crippen LogP contribution in [-0.2, 0) is 0 Å². The molecule has 0 amide bonds. The van der Waals surface area contributed by atoms with Crippen molar-refractivity contribution in [3.63, 3.8) is 0 Å². The number of hydrogen-bond acceptors (Lipinski definition) is 5. The van der Waals surface area contributed by atoms with Gasteiger partial charge in [-0.1, -0.05) is 0 Å². The molecule has 1 unspecified atom stereocenters. The van der Waals surface area contributed by atoms with E-state index >= 15 is 0 Å². The number of aliphatic hydroxyl groups is 1. The summed E-state index contributed by atoms with van der Waals surface area (Å²) in [5, 5.41) is 8.74. The summed E-state index contributed by atoms with van der Waals surface area (Å²) in [6, 6.07) is 1.42. The maximum atomic E-state index is 10.9. The van der Waals surface area contributed by atoms with Crippen LogP contribution < -0.4 is 11.5 Å². The summed E-state index contributed by atoms with van der Waals surface area (Å²) in [5.41, 5.74) is 7.32. The molecular formula is C9H11N3O3. The van der Waals surface area contributed by atoms with Crippen LogP contribution in [0.25, 0.3) is 11.2 Å². The van der Waals surface area contributed by atoms with Crippen molar-refractivity contribution in [3.8, 4) is 0 Å². The first-order chi connectivity index (χ1) is 7.20. The number of aromatic amines is 1. The topological polar surface area (TPSA) is 105 Å². The Morgan fingerprint density at radius 3 is 3.20 bits per heavy atom. The lowest BCUT2D eigenvalue weighted by molar-refractivity contribution is 0.276. The van der Waals surface area contributed by atoms with Crippen LogP contribution in [0.15, 0.2) is 21.5 Å². The van der Waals surface area contributed by atoms with Crippen molar-refractivity contribution in [2.45, 2.75) is 12.5 Å². The maximum absolute atomic E-state index is 10.9. The van der Waals surface area contributed by atoms with Gasteiger partial charge >= 0.3 is 5.76 Å². The summed E-state index contributed by atoms with van der Waals surface area (Å²) < 4.78 is 4.75. The van der Waals surface area contributed by atoms with Gasteiger partial charge in [0.05, 0.1) is 0 Å². The number of nitrogens with one attached hydrogen (secondary N) is 1. The van der Waals surface area contributed by atoms with E-state index in [2.05, 4.69) is 9.97 Å². The minimum atomic E-state index is -0.537. The Morgan fingerprint density at radius 1 is 1.67 bits per heavy atom. The molecule has 0 saturated carbocycles. The Bertz CT molecular complexity index is 517. The van der Waals surface area contributed by atoms with E-state index in [9.17, 15) is 4.79 Å². The lowest BCUT2D eigenvalue weighted by Gasteiger charge is -2.08. The second kappa shape index (κ2) is 3.84. The summed E-state index contributed by atoms with van der Waals surface area (Å²) in [7, 11) is 0. The molecule has 0 radical (unpaired) electrons. The molecule has 0 aliphatic heterocycles. The molecule has 15 heavy (non-hydrogen) atoms. The number of hydrogen-bond donors (Lipinski definition) is 3. The van der Waals surface area contributed by atoms with Gasteiger partial charge in [-0.3, -0.25) is 4.98 Å². The van der Waals surface area contributed by atoms with Crippen molar-refractivity contribution >= 4 is 11.2 Å². The third-order valence-corrected chi connectivity index (χ3v) is 2.17. The minimum Gasteiger partial charge on any atom is -0.396 e. The Labute approximate surface area is 84.7 Å². The molecule has 0 aliphatic carbocycles. The van der Waals surface area contributed by atoms with Gasteiger partial charge in [0.1, 0.15) is 5.52 Å². The molecule has 0 bridgehead atoms. The first-order valence-electron chi connectivity index (χ1n) is 4.56. The zero-order chi connectivity index (χ0) is 10.8. The number of H-pyrrole nitrogens is 1. The third kappa shape index (κ3) is 1.90. The molecule has 0 saturated heterocycles. The first kappa shape index (κ1) is 9.88. The Hall–Kier alpha value is -1.66. The molecule has 80 valence electrons. The summed E-state index contributed by atoms with van der Waals surface area (Å²) in [5.74, 6) is -0.537. The molecule has 6 nitrogen and oxygen atoms in total. The number of aromatic nitrogens is 2. The van der Waals surface area contributed by atoms with Gasteiger partial charge < -0.3 is 15.3 Å². The highest BCUT2D eigenvalue weighted by atomic mass is 16.4. The highest BCUT2D eigenvalue weighted by Crippen LogP contribution is 2.16. The number of nitrogens with zero attached hydrogens (tertiary/aromatic N) is 1. The van der Waals surface area contributed by atoms with E-state index in [1.165, 1.54) is 0 Å². The van der Waals surface area contributed by atoms with Gasteiger partial charge in [-0.2, -0.15) is 0 Å². The number of aliphatic hydroxyl groups excluding tert-OH is 1. The van der Waals surface area contributed by atoms with Crippen LogP contribution >= 0.6 is 0 Å². The van der Waals surface area contributed by atoms with E-state index in [0.717, 1.165) is 5.56 Å². The predicted molar refractivity (Wildman–Crippen MR) is 53.3 cm³/mol. The molecule has 2 aromatic heterocycles. The SMILES string of the molecule is NC(CCO)c1cnc2oc(=O)[nH]c2c1. The number of fused-ring (bicyclic) bond motifs is 1. The van der Waals surface area contributed by atoms with Crippen molar-refractivity contribution in [3.05, 3.63) is 28.4 Å². The van der Waals surface area contributed by atoms with Gasteiger partial charge in [-0.15, -0.1) is 0 Å². The fourth-order valence-electron chi connectivity index (χ4n) is 1.37. The molecule has 0 aliphatic rings. The van der Waals surface area contributed by atoms with Gasteiger partial charge in [0, 0.05) is 18.8 Å². The average Bonchev–Trinajstić information content (AvgIpc) is 2.57. The molecule has 0 fully saturated rings. The average molecular weight is 209 g/mol. The molecule has 0 spiro atoms. The fourth-order valence-corrected chi connectivity index (χ4v) is 1.37. The van der Waals surface area contributed by atoms with E-state index in [1.54, 1.807) is 12.3 Å². The van der Waals surface area contributed by atoms with E-state index in [-0.39, 0.29) is 18.4 Å². The molecule has 4 N–H and O–H groups in total. The Morgan fingerprint density at radius 2 is 2.47 bits per heavy atom. The van der Waals surface area contributed by atoms with Crippen LogP contribution in [-0.4, -0.2) is 21.7 Å². The second-order valence-corrected chi connectivity index (χ2v) is 3.25. The quantitative estimate of drug-likeness (QED) is 0.654. The second-order valence-electron chi connectivity index (χ2n) is 3.25. The smallest absolute Gasteiger partial charge is 0.396 e. The summed E-state index contributed by atoms with van der Waals surface area (Å²) in [6.45, 7) is 0.0150. The van der Waals surface area contributed by atoms with Crippen LogP contribution in [0.2, 0.25) is 0 Å². The van der Waals surface area contributed by atoms with Crippen LogP contribution in [0.4, 0.5) is 0 Å². The summed E-state index contributed by atoms with van der Waals surface area (Å²) >= 11 is 0. The maximum Gasteiger partial charge on any atom is 0.418 e. The van der Waals surface area contributed by atoms with Gasteiger partial charge in [0.2, 0.25) is 5.71 Å². The van der Waals surface area contributed by atoms with Gasteiger partial charge in [-0.25, -0.2) is 9.78 Å². The molecule has 0 aromatic carbocycles. The van der Waals surface area contributed by atoms with Crippen LogP contribution in [0.3, 0.4) is 0 Å². The number of oxazole rings is 1. The molecule has 6 heteroatoms. The summed E-state index contributed by atoms with van der Waals surface area (Å²) in [4.78, 5) is 17.3. The number of rotatable bonds is 3. The lowest BCUT2D eigenvalue weighted by Crippen LogP contribution is -2.12. The molecule has 1 atom stereocenters. The van der Waals surface area contributed by atoms with Crippen LogP contribution in [0, 0.1) is 0 Å². The lowest BCUT2D eigenvalue weighted by atomic mass is 10.1. The highest BCUT2D eigenvalue weighted by molar-refractivity contribution is 5.67. The zero-order valence-corrected chi connectivity index (χ0v) is 7.93. The van der Waals surface area contributed by atoms with Crippen molar-refractivity contribution in [1.82, 2.24) is 9.97 Å². The van der Waals surface area contributed by atoms with Crippen molar-refractivity contribution in [2.24, 2.45) is 5.73 Å². The number of pyridine rings is 1. The normalized spacial score (nSPS) is 13.2. The van der Waals surface area contributed by atoms with Crippen molar-refractivity contribution in [1.29, 1.82) is 0 Å². The van der Waals surface area contributed by atoms with Crippen LogP contribution in [0.1, 0.15) is 18.0 Å². The molecule has 2 rings (SSSR count). The standard InChI is InChI=1S/C9H11N3O3/c10-6(1-2-13)5-3-7-8(11-4-5)15-9(14)12-7/h3-4,6,13H,1-2,10H2,(H,12,14). The zero-order valence-electron chi connectivity index (χ0n) is 7.93. The van der Waals surface area contributed by atoms with E-state index in [0.29, 0.717) is 11.9 Å². The Balaban J connectivity index is 2.41. The highest BCUT2D eigenvalue weighted by Gasteiger charge is 2.09. The minimum absolute atomic E-state index is 0.0150. The van der Waals surface area contributed by atoms with Crippen LogP contribution in [0.5, 0.6) is 0 Å². The molecule has 2 heterocycles. The fraction of sp³-hybridized carbons (Fsp3) is 0.333. The third-order valence-electron chi connectivity index (χ3n) is 2.17. The van der Waals surface area contributed by atoms with Crippen molar-refractivity contribution < 1.29 is 9.52 Å². The first-order valence-corrected chi connectivity index (χ1v) is 4.56. The van der Waals surface area contributed by atoms with E-state index in [1.807, 2.05) is 0 Å². The van der Waals surface area contributed by atoms with E-state index in [4.69, 9.17) is 15.3 Å². The Kier molecular flexibility index (Phi) is 2.53. The van der Waals surface area contributed by atoms with Crippen molar-refractivity contribution in [2.75, 3.05) is 6.61 Å². The largest absolute Gasteiger partial charge is 0.418 e. The van der Waals surface area contributed by atoms with Gasteiger partial charge in [0.25, 0.3) is 0 Å². The monoisotopic (exact) mass is 209 g/mol. The molecule has 2 aromatic rings. The number of nitrogens with two attached hydrogens (primary N) is 1. The molecular weight excluding hydrogens is 198 g/mol. The summed E-state index contributed by atoms with van der Waals surface area (Å²) in [6.07, 6.45) is 1.99. The van der Waals surface area contributed by atoms with Gasteiger partial charge in [-0.05, 0) is 18.1 Å². The van der Waals surface area contributed by atoms with Gasteiger partial charge in [0.15, 0.2) is 0 Å². The van der Waals surface area contributed by atoms with E-state index < -0.39 is 5.76 Å².